The van der Waals surface area contributed by atoms with Crippen LogP contribution in [-0.4, -0.2) is 41.8 Å². The number of hydrogen-bond donors (Lipinski definition) is 1. The molecule has 0 spiro atoms. The lowest BCUT2D eigenvalue weighted by Gasteiger charge is -2.05. The number of amides is 1. The first-order chi connectivity index (χ1) is 6.09. The molecule has 1 heterocycles. The van der Waals surface area contributed by atoms with Crippen LogP contribution >= 0.6 is 0 Å². The molecule has 74 valence electrons. The first-order valence-electron chi connectivity index (χ1n) is 4.23. The molecule has 0 radical (unpaired) electrons. The van der Waals surface area contributed by atoms with E-state index in [0.717, 1.165) is 0 Å². The van der Waals surface area contributed by atoms with Crippen LogP contribution in [0.5, 0.6) is 0 Å². The van der Waals surface area contributed by atoms with Gasteiger partial charge in [-0.1, -0.05) is 0 Å². The van der Waals surface area contributed by atoms with Crippen molar-refractivity contribution in [2.45, 2.75) is 25.4 Å². The van der Waals surface area contributed by atoms with E-state index in [-0.39, 0.29) is 18.6 Å². The number of hydrogen-bond acceptors (Lipinski definition) is 3. The Balaban J connectivity index is 2.17. The third-order valence-corrected chi connectivity index (χ3v) is 1.97. The Kier molecular flexibility index (Phi) is 3.11. The van der Waals surface area contributed by atoms with Crippen LogP contribution in [0.1, 0.15) is 19.3 Å². The number of rotatable bonds is 4. The molecule has 1 atom stereocenters. The molecule has 0 aromatic carbocycles. The highest BCUT2D eigenvalue weighted by atomic mass is 16.6. The molecule has 1 amide bonds. The van der Waals surface area contributed by atoms with Crippen molar-refractivity contribution in [3.05, 3.63) is 0 Å². The molecule has 0 aromatic heterocycles. The first-order valence-corrected chi connectivity index (χ1v) is 4.23. The van der Waals surface area contributed by atoms with Gasteiger partial charge in [0, 0.05) is 13.5 Å². The predicted octanol–water partition coefficient (Wildman–Crippen LogP) is 0.692. The summed E-state index contributed by atoms with van der Waals surface area (Å²) in [6.07, 6.45) is 0.874. The van der Waals surface area contributed by atoms with E-state index in [2.05, 4.69) is 0 Å². The molecule has 1 aliphatic rings. The van der Waals surface area contributed by atoms with Crippen molar-refractivity contribution in [3.63, 3.8) is 0 Å². The molecule has 1 aliphatic heterocycles. The number of carboxylic acid groups (broad SMARTS) is 1. The van der Waals surface area contributed by atoms with Crippen LogP contribution in [0.3, 0.4) is 0 Å². The monoisotopic (exact) mass is 187 g/mol. The Hall–Kier alpha value is -1.26. The van der Waals surface area contributed by atoms with Crippen LogP contribution in [-0.2, 0) is 9.53 Å². The number of carboxylic acids is 1. The van der Waals surface area contributed by atoms with Crippen LogP contribution in [0.25, 0.3) is 0 Å². The summed E-state index contributed by atoms with van der Waals surface area (Å²) in [6, 6.07) is 0. The minimum absolute atomic E-state index is 0.128. The molecule has 0 aromatic rings. The quantitative estimate of drug-likeness (QED) is 0.703. The Morgan fingerprint density at radius 3 is 2.92 bits per heavy atom. The van der Waals surface area contributed by atoms with Gasteiger partial charge in [0.25, 0.3) is 0 Å². The number of aliphatic carboxylic acids is 1. The van der Waals surface area contributed by atoms with Gasteiger partial charge < -0.3 is 14.7 Å². The second-order valence-electron chi connectivity index (χ2n) is 3.17. The highest BCUT2D eigenvalue weighted by molar-refractivity contribution is 5.69. The van der Waals surface area contributed by atoms with E-state index in [1.807, 2.05) is 0 Å². The fraction of sp³-hybridized carbons (Fsp3) is 0.750. The topological polar surface area (TPSA) is 66.8 Å². The zero-order chi connectivity index (χ0) is 9.84. The molecule has 0 bridgehead atoms. The molecule has 5 heteroatoms. The Morgan fingerprint density at radius 1 is 1.77 bits per heavy atom. The van der Waals surface area contributed by atoms with Gasteiger partial charge >= 0.3 is 12.1 Å². The number of cyclic esters (lactones) is 1. The molecular weight excluding hydrogens is 174 g/mol. The van der Waals surface area contributed by atoms with Gasteiger partial charge in [-0.15, -0.1) is 0 Å². The van der Waals surface area contributed by atoms with Gasteiger partial charge in [-0.2, -0.15) is 0 Å². The van der Waals surface area contributed by atoms with E-state index in [4.69, 9.17) is 9.84 Å². The standard InChI is InChI=1S/C8H13NO4/c1-9-5-6(13-8(9)12)3-2-4-7(10)11/h6H,2-5H2,1H3,(H,10,11). The van der Waals surface area contributed by atoms with Crippen LogP contribution in [0.2, 0.25) is 0 Å². The fourth-order valence-corrected chi connectivity index (χ4v) is 1.28. The van der Waals surface area contributed by atoms with E-state index in [1.54, 1.807) is 7.05 Å². The van der Waals surface area contributed by atoms with Crippen LogP contribution in [0.15, 0.2) is 0 Å². The van der Waals surface area contributed by atoms with Crippen LogP contribution in [0, 0.1) is 0 Å². The van der Waals surface area contributed by atoms with Crippen LogP contribution < -0.4 is 0 Å². The predicted molar refractivity (Wildman–Crippen MR) is 44.4 cm³/mol. The van der Waals surface area contributed by atoms with Crippen molar-refractivity contribution in [1.29, 1.82) is 0 Å². The zero-order valence-corrected chi connectivity index (χ0v) is 7.52. The van der Waals surface area contributed by atoms with Gasteiger partial charge in [-0.3, -0.25) is 4.79 Å². The molecule has 1 unspecified atom stereocenters. The smallest absolute Gasteiger partial charge is 0.409 e. The van der Waals surface area contributed by atoms with Crippen LogP contribution in [0.4, 0.5) is 4.79 Å². The molecule has 5 nitrogen and oxygen atoms in total. The minimum Gasteiger partial charge on any atom is -0.481 e. The highest BCUT2D eigenvalue weighted by Gasteiger charge is 2.27. The van der Waals surface area contributed by atoms with Crippen molar-refractivity contribution >= 4 is 12.1 Å². The third-order valence-electron chi connectivity index (χ3n) is 1.97. The molecule has 0 aliphatic carbocycles. The second kappa shape index (κ2) is 4.11. The number of nitrogens with zero attached hydrogens (tertiary/aromatic N) is 1. The molecule has 1 fully saturated rings. The SMILES string of the molecule is CN1CC(CCCC(=O)O)OC1=O. The average Bonchev–Trinajstić information content (AvgIpc) is 2.30. The molecule has 1 rings (SSSR count). The molecular formula is C8H13NO4. The summed E-state index contributed by atoms with van der Waals surface area (Å²) >= 11 is 0. The summed E-state index contributed by atoms with van der Waals surface area (Å²) in [4.78, 5) is 22.5. The average molecular weight is 187 g/mol. The van der Waals surface area contributed by atoms with Gasteiger partial charge in [0.15, 0.2) is 0 Å². The molecule has 0 saturated carbocycles. The van der Waals surface area contributed by atoms with Gasteiger partial charge in [0.05, 0.1) is 6.54 Å². The summed E-state index contributed by atoms with van der Waals surface area (Å²) in [5, 5.41) is 8.37. The Labute approximate surface area is 76.3 Å². The maximum absolute atomic E-state index is 10.9. The van der Waals surface area contributed by atoms with Gasteiger partial charge in [0.1, 0.15) is 6.10 Å². The van der Waals surface area contributed by atoms with Crippen molar-refractivity contribution < 1.29 is 19.4 Å². The highest BCUT2D eigenvalue weighted by Crippen LogP contribution is 2.14. The normalized spacial score (nSPS) is 21.8. The van der Waals surface area contributed by atoms with Crippen molar-refractivity contribution in [3.8, 4) is 0 Å². The molecule has 13 heavy (non-hydrogen) atoms. The van der Waals surface area contributed by atoms with E-state index in [9.17, 15) is 9.59 Å². The van der Waals surface area contributed by atoms with Crippen molar-refractivity contribution in [2.24, 2.45) is 0 Å². The fourth-order valence-electron chi connectivity index (χ4n) is 1.28. The van der Waals surface area contributed by atoms with Gasteiger partial charge in [0.2, 0.25) is 0 Å². The minimum atomic E-state index is -0.808. The first kappa shape index (κ1) is 9.83. The van der Waals surface area contributed by atoms with Gasteiger partial charge in [-0.25, -0.2) is 4.79 Å². The lowest BCUT2D eigenvalue weighted by molar-refractivity contribution is -0.137. The molecule has 1 N–H and O–H groups in total. The summed E-state index contributed by atoms with van der Waals surface area (Å²) in [6.45, 7) is 0.568. The largest absolute Gasteiger partial charge is 0.481 e. The summed E-state index contributed by atoms with van der Waals surface area (Å²) < 4.78 is 4.95. The van der Waals surface area contributed by atoms with E-state index < -0.39 is 5.97 Å². The van der Waals surface area contributed by atoms with Crippen molar-refractivity contribution in [2.75, 3.05) is 13.6 Å². The van der Waals surface area contributed by atoms with E-state index in [1.165, 1.54) is 4.90 Å². The number of carbonyl (C=O) groups excluding carboxylic acids is 1. The Bertz CT molecular complexity index is 216. The number of likely N-dealkylation sites (N-methyl/N-ethyl adjacent to an activating group) is 1. The number of carbonyl (C=O) groups is 2. The molecule has 1 saturated heterocycles. The zero-order valence-electron chi connectivity index (χ0n) is 7.52. The van der Waals surface area contributed by atoms with Crippen molar-refractivity contribution in [1.82, 2.24) is 4.90 Å². The number of ether oxygens (including phenoxy) is 1. The lowest BCUT2D eigenvalue weighted by Crippen LogP contribution is -2.19. The van der Waals surface area contributed by atoms with E-state index in [0.29, 0.717) is 19.4 Å². The van der Waals surface area contributed by atoms with E-state index >= 15 is 0 Å². The maximum Gasteiger partial charge on any atom is 0.409 e. The summed E-state index contributed by atoms with van der Waals surface area (Å²) in [5.41, 5.74) is 0. The Morgan fingerprint density at radius 2 is 2.46 bits per heavy atom. The maximum atomic E-state index is 10.9. The third kappa shape index (κ3) is 2.93. The summed E-state index contributed by atoms with van der Waals surface area (Å²) in [7, 11) is 1.67. The summed E-state index contributed by atoms with van der Waals surface area (Å²) in [5.74, 6) is -0.808. The lowest BCUT2D eigenvalue weighted by atomic mass is 10.1. The second-order valence-corrected chi connectivity index (χ2v) is 3.17. The van der Waals surface area contributed by atoms with Gasteiger partial charge in [-0.05, 0) is 12.8 Å².